The topological polar surface area (TPSA) is 0 Å². The monoisotopic (exact) mass is 615 g/mol. The van der Waals surface area contributed by atoms with Crippen LogP contribution in [-0.4, -0.2) is 0 Å². The highest BCUT2D eigenvalue weighted by molar-refractivity contribution is 6.22. The largest absolute Gasteiger partial charge is 0.0636 e. The van der Waals surface area contributed by atoms with Crippen LogP contribution in [0.25, 0.3) is 88.0 Å². The van der Waals surface area contributed by atoms with Crippen LogP contribution >= 0.6 is 0 Å². The van der Waals surface area contributed by atoms with Crippen LogP contribution in [0.2, 0.25) is 0 Å². The van der Waals surface area contributed by atoms with Gasteiger partial charge in [0, 0.05) is 0 Å². The first kappa shape index (κ1) is 21.5. The zero-order chi connectivity index (χ0) is 38.0. The number of fused-ring (bicyclic) bond motifs is 3. The van der Waals surface area contributed by atoms with E-state index in [1.54, 1.807) is 0 Å². The fraction of sp³-hybridized carbons (Fsp3) is 0. The lowest BCUT2D eigenvalue weighted by atomic mass is 9.84. The summed E-state index contributed by atoms with van der Waals surface area (Å²) >= 11 is 0. The second kappa shape index (κ2) is 11.8. The van der Waals surface area contributed by atoms with Gasteiger partial charge in [-0.05, 0) is 106 Å². The van der Waals surface area contributed by atoms with Gasteiger partial charge in [-0.1, -0.05) is 176 Å². The molecule has 0 heteroatoms. The SMILES string of the molecule is [2H]c1c([2H])c([2H])c2c(-c3ccc4ccccc4c3)c3c([2H])c(-c4ccccc4)c([2H])c([2H])c3c(-c3cccc(-c4ccc(-c5ccccc5)cc4)c3)c2c1[2H]. The van der Waals surface area contributed by atoms with Gasteiger partial charge in [0.15, 0.2) is 0 Å². The Morgan fingerprint density at radius 3 is 1.48 bits per heavy atom. The van der Waals surface area contributed by atoms with Crippen molar-refractivity contribution in [3.63, 3.8) is 0 Å². The quantitative estimate of drug-likeness (QED) is 0.169. The third-order valence-electron chi connectivity index (χ3n) is 9.08. The third kappa shape index (κ3) is 4.96. The Morgan fingerprint density at radius 1 is 0.292 bits per heavy atom. The number of hydrogen-bond donors (Lipinski definition) is 0. The lowest BCUT2D eigenvalue weighted by Crippen LogP contribution is -1.92. The Bertz CT molecular complexity index is 2970. The van der Waals surface area contributed by atoms with E-state index in [1.807, 2.05) is 115 Å². The molecule has 0 aromatic heterocycles. The van der Waals surface area contributed by atoms with Gasteiger partial charge in [0.25, 0.3) is 0 Å². The molecule has 224 valence electrons. The number of benzene rings is 9. The predicted molar refractivity (Wildman–Crippen MR) is 206 cm³/mol. The average molecular weight is 616 g/mol. The Hall–Kier alpha value is -6.24. The van der Waals surface area contributed by atoms with Crippen LogP contribution in [0.4, 0.5) is 0 Å². The number of rotatable bonds is 5. The molecule has 0 heterocycles. The molecule has 0 aliphatic rings. The van der Waals surface area contributed by atoms with Crippen LogP contribution < -0.4 is 0 Å². The van der Waals surface area contributed by atoms with Gasteiger partial charge in [0.05, 0.1) is 9.60 Å². The van der Waals surface area contributed by atoms with Crippen molar-refractivity contribution in [2.75, 3.05) is 0 Å². The average Bonchev–Trinajstić information content (AvgIpc) is 3.23. The lowest BCUT2D eigenvalue weighted by molar-refractivity contribution is 1.58. The molecule has 9 aromatic carbocycles. The van der Waals surface area contributed by atoms with E-state index in [2.05, 4.69) is 36.4 Å². The van der Waals surface area contributed by atoms with E-state index >= 15 is 0 Å². The van der Waals surface area contributed by atoms with Crippen molar-refractivity contribution < 1.29 is 9.60 Å². The van der Waals surface area contributed by atoms with Gasteiger partial charge in [-0.15, -0.1) is 0 Å². The first-order valence-electron chi connectivity index (χ1n) is 19.5. The summed E-state index contributed by atoms with van der Waals surface area (Å²) in [6, 6.07) is 47.6. The van der Waals surface area contributed by atoms with E-state index < -0.39 is 0 Å². The summed E-state index contributed by atoms with van der Waals surface area (Å²) in [5.41, 5.74) is 7.04. The summed E-state index contributed by atoms with van der Waals surface area (Å²) in [7, 11) is 0. The zero-order valence-corrected chi connectivity index (χ0v) is 25.9. The molecule has 0 saturated heterocycles. The maximum absolute atomic E-state index is 9.89. The maximum Gasteiger partial charge on any atom is 0.0636 e. The maximum atomic E-state index is 9.89. The van der Waals surface area contributed by atoms with Gasteiger partial charge in [0.1, 0.15) is 0 Å². The van der Waals surface area contributed by atoms with E-state index in [0.717, 1.165) is 33.0 Å². The van der Waals surface area contributed by atoms with Crippen LogP contribution in [0.3, 0.4) is 0 Å². The summed E-state index contributed by atoms with van der Waals surface area (Å²) in [5, 5.41) is 3.10. The van der Waals surface area contributed by atoms with Crippen molar-refractivity contribution in [2.45, 2.75) is 0 Å². The van der Waals surface area contributed by atoms with Gasteiger partial charge in [-0.3, -0.25) is 0 Å². The van der Waals surface area contributed by atoms with E-state index in [0.29, 0.717) is 44.2 Å². The highest BCUT2D eigenvalue weighted by Crippen LogP contribution is 2.45. The third-order valence-corrected chi connectivity index (χ3v) is 9.08. The molecule has 0 nitrogen and oxygen atoms in total. The molecule has 9 rings (SSSR count). The molecule has 0 atom stereocenters. The minimum atomic E-state index is -0.389. The van der Waals surface area contributed by atoms with Crippen molar-refractivity contribution in [3.05, 3.63) is 194 Å². The molecule has 0 aliphatic heterocycles. The van der Waals surface area contributed by atoms with E-state index in [9.17, 15) is 6.85 Å². The second-order valence-corrected chi connectivity index (χ2v) is 12.0. The van der Waals surface area contributed by atoms with E-state index in [-0.39, 0.29) is 53.1 Å². The molecule has 48 heavy (non-hydrogen) atoms. The Kier molecular flexibility index (Phi) is 5.31. The first-order chi connectivity index (χ1) is 26.7. The summed E-state index contributed by atoms with van der Waals surface area (Å²) in [6.07, 6.45) is 0. The Labute approximate surface area is 291 Å². The van der Waals surface area contributed by atoms with Gasteiger partial charge in [-0.2, -0.15) is 0 Å². The molecular weight excluding hydrogens is 577 g/mol. The fourth-order valence-corrected chi connectivity index (χ4v) is 6.73. The molecule has 0 fully saturated rings. The minimum Gasteiger partial charge on any atom is -0.0622 e. The molecule has 0 N–H and O–H groups in total. The van der Waals surface area contributed by atoms with E-state index in [1.165, 1.54) is 0 Å². The van der Waals surface area contributed by atoms with Crippen LogP contribution in [-0.2, 0) is 0 Å². The highest BCUT2D eigenvalue weighted by Gasteiger charge is 2.18. The normalized spacial score (nSPS) is 13.4. The highest BCUT2D eigenvalue weighted by atomic mass is 14.2. The Morgan fingerprint density at radius 2 is 0.771 bits per heavy atom. The molecular formula is C48H32. The van der Waals surface area contributed by atoms with Gasteiger partial charge in [-0.25, -0.2) is 0 Å². The van der Waals surface area contributed by atoms with Crippen molar-refractivity contribution in [2.24, 2.45) is 0 Å². The summed E-state index contributed by atoms with van der Waals surface area (Å²) in [5.74, 6) is 0. The number of hydrogen-bond acceptors (Lipinski definition) is 0. The van der Waals surface area contributed by atoms with Gasteiger partial charge < -0.3 is 0 Å². The molecule has 9 aromatic rings. The molecule has 0 unspecified atom stereocenters. The second-order valence-electron chi connectivity index (χ2n) is 12.0. The molecule has 0 radical (unpaired) electrons. The summed E-state index contributed by atoms with van der Waals surface area (Å²) < 4.78 is 65.6. The fourth-order valence-electron chi connectivity index (χ4n) is 6.73. The molecule has 0 spiro atoms. The van der Waals surface area contributed by atoms with Crippen LogP contribution in [0.15, 0.2) is 194 Å². The van der Waals surface area contributed by atoms with Crippen molar-refractivity contribution in [1.29, 1.82) is 0 Å². The van der Waals surface area contributed by atoms with Gasteiger partial charge in [0.2, 0.25) is 0 Å². The molecule has 0 aliphatic carbocycles. The summed E-state index contributed by atoms with van der Waals surface area (Å²) in [6.45, 7) is 0. The van der Waals surface area contributed by atoms with Crippen LogP contribution in [0.1, 0.15) is 9.60 Å². The smallest absolute Gasteiger partial charge is 0.0622 e. The predicted octanol–water partition coefficient (Wildman–Crippen LogP) is 13.5. The standard InChI is InChI=1S/C48H32/c1-3-12-33(13-4-1)36-22-24-37(25-23-36)39-18-11-19-41(30-39)47-43-20-9-10-21-44(43)48(42-27-26-35-16-7-8-17-38(35)31-42)46-32-40(28-29-45(46)47)34-14-5-2-6-15-34/h1-32H/i9D,10D,20D,21D,28D,29D,32D. The summed E-state index contributed by atoms with van der Waals surface area (Å²) in [4.78, 5) is 0. The lowest BCUT2D eigenvalue weighted by Gasteiger charge is -2.19. The minimum absolute atomic E-state index is 0.0218. The van der Waals surface area contributed by atoms with Crippen molar-refractivity contribution in [3.8, 4) is 55.6 Å². The zero-order valence-electron chi connectivity index (χ0n) is 32.9. The Balaban J connectivity index is 1.43. The molecule has 0 saturated carbocycles. The van der Waals surface area contributed by atoms with Crippen LogP contribution in [0, 0.1) is 0 Å². The van der Waals surface area contributed by atoms with Crippen LogP contribution in [0.5, 0.6) is 0 Å². The van der Waals surface area contributed by atoms with Gasteiger partial charge >= 0.3 is 0 Å². The molecule has 0 amide bonds. The first-order valence-corrected chi connectivity index (χ1v) is 16.0. The van der Waals surface area contributed by atoms with E-state index in [4.69, 9.17) is 2.74 Å². The molecule has 0 bridgehead atoms. The van der Waals surface area contributed by atoms with Crippen molar-refractivity contribution >= 4 is 32.3 Å². The van der Waals surface area contributed by atoms with Crippen molar-refractivity contribution in [1.82, 2.24) is 0 Å².